The molecule has 0 bridgehead atoms. The van der Waals surface area contributed by atoms with Crippen LogP contribution < -0.4 is 10.2 Å². The normalized spacial score (nSPS) is 15.7. The molecule has 2 aromatic rings. The minimum Gasteiger partial charge on any atom is -0.378 e. The maximum atomic E-state index is 14.0. The fourth-order valence-electron chi connectivity index (χ4n) is 3.49. The number of nitrogens with one attached hydrogen (secondary N) is 1. The van der Waals surface area contributed by atoms with E-state index in [0.717, 1.165) is 12.1 Å². The fourth-order valence-corrected chi connectivity index (χ4v) is 3.49. The van der Waals surface area contributed by atoms with E-state index in [4.69, 9.17) is 5.26 Å². The minimum atomic E-state index is -4.77. The highest BCUT2D eigenvalue weighted by molar-refractivity contribution is 5.97. The fraction of sp³-hybridized carbons (Fsp3) is 0.333. The van der Waals surface area contributed by atoms with Gasteiger partial charge in [0.05, 0.1) is 23.7 Å². The van der Waals surface area contributed by atoms with Crippen LogP contribution in [0.2, 0.25) is 0 Å². The second kappa shape index (κ2) is 7.95. The van der Waals surface area contributed by atoms with Gasteiger partial charge in [0.2, 0.25) is 0 Å². The Kier molecular flexibility index (Phi) is 5.72. The quantitative estimate of drug-likeness (QED) is 0.736. The molecule has 3 rings (SSSR count). The second-order valence-electron chi connectivity index (χ2n) is 7.36. The van der Waals surface area contributed by atoms with Crippen molar-refractivity contribution in [3.63, 3.8) is 0 Å². The lowest BCUT2D eigenvalue weighted by molar-refractivity contribution is -0.138. The van der Waals surface area contributed by atoms with Crippen LogP contribution in [-0.4, -0.2) is 29.7 Å². The van der Waals surface area contributed by atoms with Gasteiger partial charge in [0.1, 0.15) is 5.82 Å². The molecule has 9 heteroatoms. The Bertz CT molecular complexity index is 1010. The second-order valence-corrected chi connectivity index (χ2v) is 7.36. The highest BCUT2D eigenvalue weighted by Gasteiger charge is 2.36. The van der Waals surface area contributed by atoms with Crippen LogP contribution in [0.15, 0.2) is 36.4 Å². The maximum Gasteiger partial charge on any atom is 0.417 e. The van der Waals surface area contributed by atoms with E-state index in [1.54, 1.807) is 11.0 Å². The SMILES string of the molecule is CC(O)(CN1CCCc2c(F)cccc21)C(=O)Nc1ccc(C#N)c(C(F)(F)F)c1. The Labute approximate surface area is 170 Å². The predicted octanol–water partition coefficient (Wildman–Crippen LogP) is 3.86. The van der Waals surface area contributed by atoms with Crippen molar-refractivity contribution in [3.05, 3.63) is 58.9 Å². The van der Waals surface area contributed by atoms with Crippen molar-refractivity contribution < 1.29 is 27.5 Å². The summed E-state index contributed by atoms with van der Waals surface area (Å²) < 4.78 is 53.4. The minimum absolute atomic E-state index is 0.169. The molecule has 2 N–H and O–H groups in total. The molecule has 0 aromatic heterocycles. The molecule has 0 fully saturated rings. The average Bonchev–Trinajstić information content (AvgIpc) is 2.68. The Balaban J connectivity index is 1.80. The summed E-state index contributed by atoms with van der Waals surface area (Å²) in [5.41, 5.74) is -2.83. The molecule has 1 amide bonds. The van der Waals surface area contributed by atoms with Crippen molar-refractivity contribution in [2.45, 2.75) is 31.5 Å². The van der Waals surface area contributed by atoms with Gasteiger partial charge >= 0.3 is 6.18 Å². The van der Waals surface area contributed by atoms with Gasteiger partial charge in [-0.1, -0.05) is 6.07 Å². The number of hydrogen-bond donors (Lipinski definition) is 2. The van der Waals surface area contributed by atoms with Crippen LogP contribution in [0.25, 0.3) is 0 Å². The number of hydrogen-bond acceptors (Lipinski definition) is 4. The number of rotatable bonds is 4. The van der Waals surface area contributed by atoms with Gasteiger partial charge in [-0.05, 0) is 50.1 Å². The molecule has 1 atom stereocenters. The van der Waals surface area contributed by atoms with Crippen LogP contribution >= 0.6 is 0 Å². The summed E-state index contributed by atoms with van der Waals surface area (Å²) in [6.07, 6.45) is -3.59. The number of fused-ring (bicyclic) bond motifs is 1. The van der Waals surface area contributed by atoms with Gasteiger partial charge in [0.15, 0.2) is 5.60 Å². The molecule has 1 heterocycles. The van der Waals surface area contributed by atoms with E-state index in [1.165, 1.54) is 25.1 Å². The van der Waals surface area contributed by atoms with Crippen LogP contribution in [0.1, 0.15) is 30.0 Å². The van der Waals surface area contributed by atoms with Crippen molar-refractivity contribution in [2.75, 3.05) is 23.3 Å². The van der Waals surface area contributed by atoms with Gasteiger partial charge < -0.3 is 15.3 Å². The Morgan fingerprint density at radius 2 is 2.03 bits per heavy atom. The molecule has 2 aromatic carbocycles. The molecule has 1 aliphatic heterocycles. The number of nitriles is 1. The van der Waals surface area contributed by atoms with Crippen LogP contribution in [-0.2, 0) is 17.4 Å². The lowest BCUT2D eigenvalue weighted by Crippen LogP contribution is -2.50. The molecule has 5 nitrogen and oxygen atoms in total. The number of amides is 1. The molecular weight excluding hydrogens is 402 g/mol. The molecular formula is C21H19F4N3O2. The van der Waals surface area contributed by atoms with Crippen LogP contribution in [0.5, 0.6) is 0 Å². The zero-order valence-electron chi connectivity index (χ0n) is 16.1. The highest BCUT2D eigenvalue weighted by Crippen LogP contribution is 2.34. The van der Waals surface area contributed by atoms with Crippen LogP contribution in [0, 0.1) is 17.1 Å². The predicted molar refractivity (Wildman–Crippen MR) is 102 cm³/mol. The third kappa shape index (κ3) is 4.39. The monoisotopic (exact) mass is 421 g/mol. The number of carbonyl (C=O) groups excluding carboxylic acids is 1. The third-order valence-electron chi connectivity index (χ3n) is 4.98. The standard InChI is InChI=1S/C21H19F4N3O2/c1-20(30,12-28-9-3-4-15-17(22)5-2-6-18(15)28)19(29)27-14-8-7-13(11-26)16(10-14)21(23,24)25/h2,5-8,10,30H,3-4,9,12H2,1H3,(H,27,29). The first kappa shape index (κ1) is 21.6. The molecule has 0 radical (unpaired) electrons. The zero-order valence-corrected chi connectivity index (χ0v) is 16.1. The van der Waals surface area contributed by atoms with E-state index < -0.39 is 28.8 Å². The summed E-state index contributed by atoms with van der Waals surface area (Å²) in [6.45, 7) is 1.57. The van der Waals surface area contributed by atoms with Crippen LogP contribution in [0.3, 0.4) is 0 Å². The third-order valence-corrected chi connectivity index (χ3v) is 4.98. The van der Waals surface area contributed by atoms with E-state index in [2.05, 4.69) is 5.32 Å². The molecule has 0 spiro atoms. The largest absolute Gasteiger partial charge is 0.417 e. The van der Waals surface area contributed by atoms with Gasteiger partial charge in [-0.2, -0.15) is 18.4 Å². The number of alkyl halides is 3. The van der Waals surface area contributed by atoms with Gasteiger partial charge in [-0.15, -0.1) is 0 Å². The number of carbonyl (C=O) groups is 1. The van der Waals surface area contributed by atoms with Gasteiger partial charge in [0, 0.05) is 23.5 Å². The topological polar surface area (TPSA) is 76.4 Å². The smallest absolute Gasteiger partial charge is 0.378 e. The summed E-state index contributed by atoms with van der Waals surface area (Å²) in [5, 5.41) is 21.8. The van der Waals surface area contributed by atoms with E-state index in [9.17, 15) is 27.5 Å². The molecule has 158 valence electrons. The van der Waals surface area contributed by atoms with Crippen molar-refractivity contribution in [1.29, 1.82) is 5.26 Å². The molecule has 0 saturated heterocycles. The Morgan fingerprint density at radius 3 is 2.70 bits per heavy atom. The Hall–Kier alpha value is -3.12. The molecule has 30 heavy (non-hydrogen) atoms. The summed E-state index contributed by atoms with van der Waals surface area (Å²) in [6, 6.07) is 8.81. The number of β-amino-alcohol motifs (C(OH)–C–C–N with tert-alkyl or cyclic N) is 1. The number of halogens is 4. The van der Waals surface area contributed by atoms with E-state index in [1.807, 2.05) is 0 Å². The van der Waals surface area contributed by atoms with Gasteiger partial charge in [-0.25, -0.2) is 4.39 Å². The van der Waals surface area contributed by atoms with Crippen LogP contribution in [0.4, 0.5) is 28.9 Å². The maximum absolute atomic E-state index is 14.0. The molecule has 0 saturated carbocycles. The molecule has 1 unspecified atom stereocenters. The number of anilines is 2. The first-order valence-corrected chi connectivity index (χ1v) is 9.20. The van der Waals surface area contributed by atoms with Gasteiger partial charge in [0.25, 0.3) is 5.91 Å². The molecule has 1 aliphatic rings. The average molecular weight is 421 g/mol. The zero-order chi connectivity index (χ0) is 22.1. The number of nitrogens with zero attached hydrogens (tertiary/aromatic N) is 2. The first-order chi connectivity index (χ1) is 14.0. The summed E-state index contributed by atoms with van der Waals surface area (Å²) in [7, 11) is 0. The van der Waals surface area contributed by atoms with Crippen molar-refractivity contribution in [1.82, 2.24) is 0 Å². The van der Waals surface area contributed by atoms with Crippen molar-refractivity contribution >= 4 is 17.3 Å². The first-order valence-electron chi connectivity index (χ1n) is 9.20. The summed E-state index contributed by atoms with van der Waals surface area (Å²) in [4.78, 5) is 14.3. The molecule has 0 aliphatic carbocycles. The Morgan fingerprint density at radius 1 is 1.30 bits per heavy atom. The van der Waals surface area contributed by atoms with Gasteiger partial charge in [-0.3, -0.25) is 4.79 Å². The van der Waals surface area contributed by atoms with Crippen molar-refractivity contribution in [3.8, 4) is 6.07 Å². The van der Waals surface area contributed by atoms with E-state index >= 15 is 0 Å². The highest BCUT2D eigenvalue weighted by atomic mass is 19.4. The summed E-state index contributed by atoms with van der Waals surface area (Å²) in [5.74, 6) is -1.28. The lowest BCUT2D eigenvalue weighted by Gasteiger charge is -2.36. The van der Waals surface area contributed by atoms with E-state index in [-0.39, 0.29) is 18.0 Å². The van der Waals surface area contributed by atoms with Crippen molar-refractivity contribution in [2.24, 2.45) is 0 Å². The number of benzene rings is 2. The summed E-state index contributed by atoms with van der Waals surface area (Å²) >= 11 is 0. The van der Waals surface area contributed by atoms with E-state index in [0.29, 0.717) is 36.7 Å². The lowest BCUT2D eigenvalue weighted by atomic mass is 9.97. The number of aliphatic hydroxyl groups is 1.